The minimum Gasteiger partial charge on any atom is -0.490 e. The minimum atomic E-state index is 0.215. The number of ether oxygens (including phenoxy) is 1. The van der Waals surface area contributed by atoms with E-state index in [0.29, 0.717) is 12.5 Å². The Morgan fingerprint density at radius 3 is 3.00 bits per heavy atom. The number of benzene rings is 1. The molecule has 2 unspecified atom stereocenters. The summed E-state index contributed by atoms with van der Waals surface area (Å²) in [5, 5.41) is 0.726. The van der Waals surface area contributed by atoms with Gasteiger partial charge < -0.3 is 10.5 Å². The quantitative estimate of drug-likeness (QED) is 0.816. The van der Waals surface area contributed by atoms with E-state index in [1.54, 1.807) is 0 Å². The van der Waals surface area contributed by atoms with Crippen LogP contribution >= 0.6 is 11.6 Å². The molecule has 2 nitrogen and oxygen atoms in total. The molecule has 0 saturated heterocycles. The lowest BCUT2D eigenvalue weighted by atomic mass is 9.93. The first-order valence-electron chi connectivity index (χ1n) is 4.88. The van der Waals surface area contributed by atoms with Crippen LogP contribution in [0, 0.1) is 0 Å². The first-order chi connectivity index (χ1) is 6.72. The first-order valence-corrected chi connectivity index (χ1v) is 5.26. The van der Waals surface area contributed by atoms with Crippen LogP contribution in [0.2, 0.25) is 5.02 Å². The molecule has 0 amide bonds. The Kier molecular flexibility index (Phi) is 2.66. The fourth-order valence-corrected chi connectivity index (χ4v) is 2.18. The number of hydrogen-bond donors (Lipinski definition) is 1. The highest BCUT2D eigenvalue weighted by molar-refractivity contribution is 6.30. The summed E-state index contributed by atoms with van der Waals surface area (Å²) in [5.74, 6) is 1.34. The molecular formula is C11H14ClNO. The van der Waals surface area contributed by atoms with E-state index in [2.05, 4.69) is 6.92 Å². The zero-order valence-corrected chi connectivity index (χ0v) is 8.92. The first kappa shape index (κ1) is 9.81. The molecule has 0 fully saturated rings. The lowest BCUT2D eigenvalue weighted by molar-refractivity contribution is 0.222. The molecule has 2 rings (SSSR count). The number of halogens is 1. The lowest BCUT2D eigenvalue weighted by Crippen LogP contribution is -2.17. The second-order valence-electron chi connectivity index (χ2n) is 3.69. The highest BCUT2D eigenvalue weighted by Gasteiger charge is 2.30. The summed E-state index contributed by atoms with van der Waals surface area (Å²) in [7, 11) is 0. The van der Waals surface area contributed by atoms with Crippen molar-refractivity contribution in [2.45, 2.75) is 25.4 Å². The number of hydrogen-bond acceptors (Lipinski definition) is 2. The van der Waals surface area contributed by atoms with Crippen LogP contribution in [0.3, 0.4) is 0 Å². The van der Waals surface area contributed by atoms with Gasteiger partial charge in [0.05, 0.1) is 0 Å². The van der Waals surface area contributed by atoms with Crippen molar-refractivity contribution in [2.24, 2.45) is 5.73 Å². The van der Waals surface area contributed by atoms with Gasteiger partial charge in [0.1, 0.15) is 11.9 Å². The molecule has 0 bridgehead atoms. The van der Waals surface area contributed by atoms with Gasteiger partial charge in [-0.25, -0.2) is 0 Å². The van der Waals surface area contributed by atoms with E-state index in [9.17, 15) is 0 Å². The fraction of sp³-hybridized carbons (Fsp3) is 0.455. The maximum atomic E-state index is 5.89. The van der Waals surface area contributed by atoms with E-state index in [1.807, 2.05) is 18.2 Å². The van der Waals surface area contributed by atoms with Crippen LogP contribution in [0.4, 0.5) is 0 Å². The molecule has 0 aliphatic carbocycles. The van der Waals surface area contributed by atoms with Crippen molar-refractivity contribution >= 4 is 11.6 Å². The van der Waals surface area contributed by atoms with E-state index in [4.69, 9.17) is 22.1 Å². The summed E-state index contributed by atoms with van der Waals surface area (Å²) < 4.78 is 5.71. The van der Waals surface area contributed by atoms with Crippen molar-refractivity contribution in [3.05, 3.63) is 28.8 Å². The third-order valence-electron chi connectivity index (χ3n) is 2.73. The topological polar surface area (TPSA) is 35.2 Å². The Hall–Kier alpha value is -0.730. The van der Waals surface area contributed by atoms with Gasteiger partial charge in [-0.05, 0) is 32.0 Å². The maximum absolute atomic E-state index is 5.89. The standard InChI is InChI=1S/C11H14ClNO/c1-7-9(4-5-13)10-3-2-8(12)6-11(10)14-7/h2-3,6-7,9H,4-5,13H2,1H3. The van der Waals surface area contributed by atoms with Gasteiger partial charge in [0.15, 0.2) is 0 Å². The largest absolute Gasteiger partial charge is 0.490 e. The van der Waals surface area contributed by atoms with E-state index < -0.39 is 0 Å². The molecule has 1 aromatic carbocycles. The molecule has 2 atom stereocenters. The van der Waals surface area contributed by atoms with Crippen LogP contribution in [-0.4, -0.2) is 12.6 Å². The van der Waals surface area contributed by atoms with Crippen molar-refractivity contribution in [3.63, 3.8) is 0 Å². The maximum Gasteiger partial charge on any atom is 0.124 e. The molecule has 76 valence electrons. The molecule has 1 aliphatic heterocycles. The van der Waals surface area contributed by atoms with Gasteiger partial charge in [0.25, 0.3) is 0 Å². The molecule has 0 radical (unpaired) electrons. The van der Waals surface area contributed by atoms with Gasteiger partial charge in [-0.15, -0.1) is 0 Å². The Morgan fingerprint density at radius 1 is 1.50 bits per heavy atom. The van der Waals surface area contributed by atoms with Gasteiger partial charge in [0.2, 0.25) is 0 Å². The Bertz CT molecular complexity index is 340. The van der Waals surface area contributed by atoms with E-state index in [-0.39, 0.29) is 6.10 Å². The van der Waals surface area contributed by atoms with Crippen LogP contribution in [-0.2, 0) is 0 Å². The summed E-state index contributed by atoms with van der Waals surface area (Å²) in [6.07, 6.45) is 1.18. The molecule has 1 aliphatic rings. The van der Waals surface area contributed by atoms with Gasteiger partial charge >= 0.3 is 0 Å². The van der Waals surface area contributed by atoms with E-state index in [1.165, 1.54) is 5.56 Å². The highest BCUT2D eigenvalue weighted by Crippen LogP contribution is 2.40. The van der Waals surface area contributed by atoms with E-state index >= 15 is 0 Å². The average Bonchev–Trinajstić information content (AvgIpc) is 2.43. The summed E-state index contributed by atoms with van der Waals surface area (Å²) in [4.78, 5) is 0. The van der Waals surface area contributed by atoms with Crippen LogP contribution < -0.4 is 10.5 Å². The number of nitrogens with two attached hydrogens (primary N) is 1. The summed E-state index contributed by atoms with van der Waals surface area (Å²) in [6, 6.07) is 5.83. The minimum absolute atomic E-state index is 0.215. The fourth-order valence-electron chi connectivity index (χ4n) is 2.02. The smallest absolute Gasteiger partial charge is 0.124 e. The normalized spacial score (nSPS) is 24.5. The molecular weight excluding hydrogens is 198 g/mol. The molecule has 0 aromatic heterocycles. The molecule has 14 heavy (non-hydrogen) atoms. The molecule has 0 spiro atoms. The molecule has 1 aromatic rings. The Labute approximate surface area is 89.0 Å². The SMILES string of the molecule is CC1Oc2cc(Cl)ccc2C1CCN. The van der Waals surface area contributed by atoms with Crippen LogP contribution in [0.25, 0.3) is 0 Å². The summed E-state index contributed by atoms with van der Waals surface area (Å²) >= 11 is 5.89. The third-order valence-corrected chi connectivity index (χ3v) is 2.97. The lowest BCUT2D eigenvalue weighted by Gasteiger charge is -2.12. The second kappa shape index (κ2) is 3.79. The molecule has 1 heterocycles. The van der Waals surface area contributed by atoms with Crippen LogP contribution in [0.5, 0.6) is 5.75 Å². The summed E-state index contributed by atoms with van der Waals surface area (Å²) in [5.41, 5.74) is 6.82. The molecule has 0 saturated carbocycles. The Morgan fingerprint density at radius 2 is 2.29 bits per heavy atom. The summed E-state index contributed by atoms with van der Waals surface area (Å²) in [6.45, 7) is 2.77. The predicted octanol–water partition coefficient (Wildman–Crippen LogP) is 2.55. The van der Waals surface area contributed by atoms with Crippen molar-refractivity contribution in [1.29, 1.82) is 0 Å². The van der Waals surface area contributed by atoms with Crippen molar-refractivity contribution < 1.29 is 4.74 Å². The zero-order valence-electron chi connectivity index (χ0n) is 8.16. The van der Waals surface area contributed by atoms with Gasteiger partial charge in [-0.3, -0.25) is 0 Å². The monoisotopic (exact) mass is 211 g/mol. The Balaban J connectivity index is 2.33. The second-order valence-corrected chi connectivity index (χ2v) is 4.13. The molecule has 2 N–H and O–H groups in total. The highest BCUT2D eigenvalue weighted by atomic mass is 35.5. The zero-order chi connectivity index (χ0) is 10.1. The van der Waals surface area contributed by atoms with Crippen molar-refractivity contribution in [2.75, 3.05) is 6.54 Å². The number of fused-ring (bicyclic) bond motifs is 1. The average molecular weight is 212 g/mol. The van der Waals surface area contributed by atoms with Crippen molar-refractivity contribution in [3.8, 4) is 5.75 Å². The predicted molar refractivity (Wildman–Crippen MR) is 58.0 cm³/mol. The number of rotatable bonds is 2. The van der Waals surface area contributed by atoms with Crippen LogP contribution in [0.1, 0.15) is 24.8 Å². The van der Waals surface area contributed by atoms with Gasteiger partial charge in [0, 0.05) is 16.5 Å². The molecule has 3 heteroatoms. The third kappa shape index (κ3) is 1.60. The van der Waals surface area contributed by atoms with Crippen molar-refractivity contribution in [1.82, 2.24) is 0 Å². The van der Waals surface area contributed by atoms with Gasteiger partial charge in [-0.1, -0.05) is 17.7 Å². The van der Waals surface area contributed by atoms with Crippen LogP contribution in [0.15, 0.2) is 18.2 Å². The van der Waals surface area contributed by atoms with Gasteiger partial charge in [-0.2, -0.15) is 0 Å². The van der Waals surface area contributed by atoms with E-state index in [0.717, 1.165) is 17.2 Å².